The average molecular weight is 279 g/mol. The summed E-state index contributed by atoms with van der Waals surface area (Å²) in [5, 5.41) is 6.85. The highest BCUT2D eigenvalue weighted by molar-refractivity contribution is 5.66. The van der Waals surface area contributed by atoms with Crippen LogP contribution in [-0.4, -0.2) is 23.2 Å². The third-order valence-electron chi connectivity index (χ3n) is 2.86. The summed E-state index contributed by atoms with van der Waals surface area (Å²) >= 11 is 0. The number of nitrogens with zero attached hydrogens (tertiary/aromatic N) is 2. The molecule has 0 amide bonds. The van der Waals surface area contributed by atoms with Crippen LogP contribution < -0.4 is 5.32 Å². The van der Waals surface area contributed by atoms with Crippen molar-refractivity contribution in [2.75, 3.05) is 7.05 Å². The van der Waals surface area contributed by atoms with Gasteiger partial charge in [0, 0.05) is 24.1 Å². The van der Waals surface area contributed by atoms with Gasteiger partial charge >= 0.3 is 0 Å². The lowest BCUT2D eigenvalue weighted by Crippen LogP contribution is -2.24. The van der Waals surface area contributed by atoms with Crippen molar-refractivity contribution in [3.05, 3.63) is 47.1 Å². The van der Waals surface area contributed by atoms with E-state index in [4.69, 9.17) is 4.52 Å². The van der Waals surface area contributed by atoms with Crippen molar-refractivity contribution < 1.29 is 13.3 Å². The highest BCUT2D eigenvalue weighted by Crippen LogP contribution is 2.15. The molecule has 1 aromatic heterocycles. The number of rotatable bonds is 5. The third kappa shape index (κ3) is 3.48. The van der Waals surface area contributed by atoms with Crippen LogP contribution >= 0.6 is 0 Å². The standard InChI is InChI=1S/C14H15F2N3O/c1-9(17-2)8-13-18-14(20-19-13)7-6-10-11(15)4-3-5-12(10)16/h3-7,9,17H,8H2,1-2H3/b7-6+. The summed E-state index contributed by atoms with van der Waals surface area (Å²) in [7, 11) is 1.84. The zero-order valence-electron chi connectivity index (χ0n) is 11.2. The maximum atomic E-state index is 13.4. The fourth-order valence-electron chi connectivity index (χ4n) is 1.62. The van der Waals surface area contributed by atoms with Crippen LogP contribution in [0.15, 0.2) is 22.7 Å². The molecule has 0 aliphatic carbocycles. The Kier molecular flexibility index (Phi) is 4.57. The Bertz CT molecular complexity index is 590. The highest BCUT2D eigenvalue weighted by Gasteiger charge is 2.09. The van der Waals surface area contributed by atoms with Crippen molar-refractivity contribution >= 4 is 12.2 Å². The number of benzene rings is 1. The average Bonchev–Trinajstić information content (AvgIpc) is 2.85. The van der Waals surface area contributed by atoms with Crippen LogP contribution in [0.1, 0.15) is 24.2 Å². The van der Waals surface area contributed by atoms with Gasteiger partial charge in [0.05, 0.1) is 0 Å². The van der Waals surface area contributed by atoms with Gasteiger partial charge in [-0.2, -0.15) is 4.98 Å². The summed E-state index contributed by atoms with van der Waals surface area (Å²) in [6, 6.07) is 3.91. The molecule has 6 heteroatoms. The Morgan fingerprint density at radius 2 is 2.00 bits per heavy atom. The van der Waals surface area contributed by atoms with Crippen LogP contribution in [0.3, 0.4) is 0 Å². The molecule has 20 heavy (non-hydrogen) atoms. The molecule has 1 atom stereocenters. The molecular weight excluding hydrogens is 264 g/mol. The van der Waals surface area contributed by atoms with Crippen LogP contribution in [0.2, 0.25) is 0 Å². The molecule has 1 unspecified atom stereocenters. The van der Waals surface area contributed by atoms with Gasteiger partial charge in [-0.15, -0.1) is 0 Å². The first kappa shape index (κ1) is 14.3. The van der Waals surface area contributed by atoms with Crippen molar-refractivity contribution in [2.24, 2.45) is 0 Å². The fourth-order valence-corrected chi connectivity index (χ4v) is 1.62. The molecule has 2 rings (SSSR count). The van der Waals surface area contributed by atoms with Gasteiger partial charge in [-0.05, 0) is 32.2 Å². The normalized spacial score (nSPS) is 13.0. The summed E-state index contributed by atoms with van der Waals surface area (Å²) in [6.45, 7) is 1.99. The zero-order chi connectivity index (χ0) is 14.5. The molecule has 1 heterocycles. The van der Waals surface area contributed by atoms with Crippen molar-refractivity contribution in [1.82, 2.24) is 15.5 Å². The molecule has 1 aromatic carbocycles. The van der Waals surface area contributed by atoms with Crippen molar-refractivity contribution in [3.63, 3.8) is 0 Å². The predicted octanol–water partition coefficient (Wildman–Crippen LogP) is 2.67. The fraction of sp³-hybridized carbons (Fsp3) is 0.286. The third-order valence-corrected chi connectivity index (χ3v) is 2.86. The van der Waals surface area contributed by atoms with Gasteiger partial charge in [0.25, 0.3) is 5.89 Å². The SMILES string of the molecule is CNC(C)Cc1noc(/C=C/c2c(F)cccc2F)n1. The molecule has 2 aromatic rings. The van der Waals surface area contributed by atoms with Gasteiger partial charge in [0.2, 0.25) is 0 Å². The molecule has 106 valence electrons. The van der Waals surface area contributed by atoms with Crippen LogP contribution in [0.25, 0.3) is 12.2 Å². The van der Waals surface area contributed by atoms with Gasteiger partial charge in [-0.1, -0.05) is 11.2 Å². The van der Waals surface area contributed by atoms with E-state index in [-0.39, 0.29) is 17.5 Å². The van der Waals surface area contributed by atoms with E-state index in [1.807, 2.05) is 14.0 Å². The monoisotopic (exact) mass is 279 g/mol. The first-order chi connectivity index (χ1) is 9.60. The smallest absolute Gasteiger partial charge is 0.250 e. The summed E-state index contributed by atoms with van der Waals surface area (Å²) in [6.07, 6.45) is 3.29. The Hall–Kier alpha value is -2.08. The van der Waals surface area contributed by atoms with Gasteiger partial charge in [0.1, 0.15) is 11.6 Å². The molecular formula is C14H15F2N3O. The second-order valence-electron chi connectivity index (χ2n) is 4.41. The molecule has 1 N–H and O–H groups in total. The van der Waals surface area contributed by atoms with E-state index in [1.165, 1.54) is 30.4 Å². The Balaban J connectivity index is 2.12. The summed E-state index contributed by atoms with van der Waals surface area (Å²) in [5.74, 6) is -0.513. The minimum absolute atomic E-state index is 0.129. The maximum Gasteiger partial charge on any atom is 0.250 e. The second-order valence-corrected chi connectivity index (χ2v) is 4.41. The Morgan fingerprint density at radius 3 is 2.65 bits per heavy atom. The van der Waals surface area contributed by atoms with E-state index < -0.39 is 11.6 Å². The van der Waals surface area contributed by atoms with E-state index in [2.05, 4.69) is 15.5 Å². The Labute approximate surface area is 115 Å². The summed E-state index contributed by atoms with van der Waals surface area (Å²) in [4.78, 5) is 4.12. The zero-order valence-corrected chi connectivity index (χ0v) is 11.2. The van der Waals surface area contributed by atoms with Crippen molar-refractivity contribution in [1.29, 1.82) is 0 Å². The minimum Gasteiger partial charge on any atom is -0.335 e. The van der Waals surface area contributed by atoms with E-state index in [0.717, 1.165) is 0 Å². The maximum absolute atomic E-state index is 13.4. The second kappa shape index (κ2) is 6.38. The van der Waals surface area contributed by atoms with Crippen molar-refractivity contribution in [3.8, 4) is 0 Å². The number of nitrogens with one attached hydrogen (secondary N) is 1. The summed E-state index contributed by atoms with van der Waals surface area (Å²) < 4.78 is 31.8. The van der Waals surface area contributed by atoms with Crippen LogP contribution in [0.5, 0.6) is 0 Å². The topological polar surface area (TPSA) is 51.0 Å². The molecule has 0 aliphatic heterocycles. The van der Waals surface area contributed by atoms with E-state index >= 15 is 0 Å². The number of hydrogen-bond acceptors (Lipinski definition) is 4. The molecule has 0 fully saturated rings. The first-order valence-corrected chi connectivity index (χ1v) is 6.22. The predicted molar refractivity (Wildman–Crippen MR) is 71.8 cm³/mol. The molecule has 0 saturated heterocycles. The van der Waals surface area contributed by atoms with E-state index in [1.54, 1.807) is 0 Å². The number of likely N-dealkylation sites (N-methyl/N-ethyl adjacent to an activating group) is 1. The lowest BCUT2D eigenvalue weighted by molar-refractivity contribution is 0.400. The number of halogens is 2. The number of aromatic nitrogens is 2. The largest absolute Gasteiger partial charge is 0.335 e. The first-order valence-electron chi connectivity index (χ1n) is 6.22. The Morgan fingerprint density at radius 1 is 1.30 bits per heavy atom. The van der Waals surface area contributed by atoms with Crippen LogP contribution in [0, 0.1) is 11.6 Å². The molecule has 0 aliphatic rings. The quantitative estimate of drug-likeness (QED) is 0.914. The van der Waals surface area contributed by atoms with Crippen LogP contribution in [-0.2, 0) is 6.42 Å². The van der Waals surface area contributed by atoms with E-state index in [0.29, 0.717) is 12.2 Å². The highest BCUT2D eigenvalue weighted by atomic mass is 19.1. The van der Waals surface area contributed by atoms with Gasteiger partial charge in [-0.3, -0.25) is 0 Å². The minimum atomic E-state index is -0.634. The number of hydrogen-bond donors (Lipinski definition) is 1. The van der Waals surface area contributed by atoms with Gasteiger partial charge < -0.3 is 9.84 Å². The van der Waals surface area contributed by atoms with Crippen LogP contribution in [0.4, 0.5) is 8.78 Å². The van der Waals surface area contributed by atoms with Gasteiger partial charge in [0.15, 0.2) is 5.82 Å². The molecule has 0 spiro atoms. The molecule has 0 saturated carbocycles. The molecule has 0 radical (unpaired) electrons. The lowest BCUT2D eigenvalue weighted by atomic mass is 10.2. The van der Waals surface area contributed by atoms with Gasteiger partial charge in [-0.25, -0.2) is 8.78 Å². The van der Waals surface area contributed by atoms with Crippen molar-refractivity contribution in [2.45, 2.75) is 19.4 Å². The molecule has 0 bridgehead atoms. The molecule has 4 nitrogen and oxygen atoms in total. The lowest BCUT2D eigenvalue weighted by Gasteiger charge is -2.04. The summed E-state index contributed by atoms with van der Waals surface area (Å²) in [5.41, 5.74) is -0.129. The van der Waals surface area contributed by atoms with E-state index in [9.17, 15) is 8.78 Å².